The Labute approximate surface area is 137 Å². The average Bonchev–Trinajstić information content (AvgIpc) is 3.22. The van der Waals surface area contributed by atoms with Gasteiger partial charge in [-0.1, -0.05) is 23.9 Å². The van der Waals surface area contributed by atoms with Gasteiger partial charge >= 0.3 is 0 Å². The number of rotatable bonds is 2. The molecule has 0 N–H and O–H groups in total. The van der Waals surface area contributed by atoms with Crippen molar-refractivity contribution >= 4 is 38.4 Å². The number of amidine groups is 1. The molecule has 1 aromatic rings. The number of fused-ring (bicyclic) bond motifs is 1. The van der Waals surface area contributed by atoms with Crippen LogP contribution in [0, 0.1) is 11.7 Å². The largest absolute Gasteiger partial charge is 0.313 e. The Morgan fingerprint density at radius 2 is 2.00 bits per heavy atom. The van der Waals surface area contributed by atoms with E-state index in [1.54, 1.807) is 23.1 Å². The lowest BCUT2D eigenvalue weighted by atomic mass is 10.2. The number of hydrogen-bond donors (Lipinski definition) is 0. The predicted octanol–water partition coefficient (Wildman–Crippen LogP) is 1.84. The Kier molecular flexibility index (Phi) is 3.49. The molecule has 4 rings (SSSR count). The highest BCUT2D eigenvalue weighted by Gasteiger charge is 2.50. The smallest absolute Gasteiger partial charge is 0.251 e. The fourth-order valence-corrected chi connectivity index (χ4v) is 6.92. The third kappa shape index (κ3) is 2.78. The zero-order valence-corrected chi connectivity index (χ0v) is 13.8. The van der Waals surface area contributed by atoms with Gasteiger partial charge in [-0.3, -0.25) is 4.79 Å². The molecule has 1 aromatic carbocycles. The van der Waals surface area contributed by atoms with E-state index in [9.17, 15) is 17.6 Å². The van der Waals surface area contributed by atoms with E-state index in [0.717, 1.165) is 12.8 Å². The van der Waals surface area contributed by atoms with E-state index in [1.807, 2.05) is 0 Å². The summed E-state index contributed by atoms with van der Waals surface area (Å²) in [6.45, 7) is 0. The number of aliphatic imine (C=N–C) groups is 1. The zero-order valence-electron chi connectivity index (χ0n) is 12.2. The summed E-state index contributed by atoms with van der Waals surface area (Å²) in [5, 5.41) is 0.224. The molecule has 0 radical (unpaired) electrons. The van der Waals surface area contributed by atoms with E-state index >= 15 is 0 Å². The lowest BCUT2D eigenvalue weighted by molar-refractivity contribution is -0.118. The van der Waals surface area contributed by atoms with Gasteiger partial charge in [0.25, 0.3) is 5.91 Å². The molecule has 3 fully saturated rings. The molecule has 2 aliphatic heterocycles. The second kappa shape index (κ2) is 5.31. The molecule has 1 amide bonds. The molecule has 122 valence electrons. The van der Waals surface area contributed by atoms with Crippen LogP contribution in [0.5, 0.6) is 0 Å². The van der Waals surface area contributed by atoms with Crippen molar-refractivity contribution in [3.05, 3.63) is 30.1 Å². The van der Waals surface area contributed by atoms with Crippen LogP contribution in [-0.4, -0.2) is 42.3 Å². The van der Waals surface area contributed by atoms with Gasteiger partial charge in [0.2, 0.25) is 0 Å². The molecule has 2 heterocycles. The van der Waals surface area contributed by atoms with Crippen molar-refractivity contribution in [3.63, 3.8) is 0 Å². The molecule has 0 spiro atoms. The highest BCUT2D eigenvalue weighted by Crippen LogP contribution is 2.42. The Morgan fingerprint density at radius 3 is 2.70 bits per heavy atom. The van der Waals surface area contributed by atoms with Gasteiger partial charge in [-0.2, -0.15) is 4.99 Å². The van der Waals surface area contributed by atoms with Crippen LogP contribution in [0.2, 0.25) is 0 Å². The molecule has 1 saturated carbocycles. The van der Waals surface area contributed by atoms with Gasteiger partial charge in [0.15, 0.2) is 15.0 Å². The lowest BCUT2D eigenvalue weighted by Gasteiger charge is -2.24. The molecule has 3 aliphatic rings. The number of sulfone groups is 1. The van der Waals surface area contributed by atoms with E-state index in [4.69, 9.17) is 0 Å². The van der Waals surface area contributed by atoms with Crippen LogP contribution in [0.3, 0.4) is 0 Å². The standard InChI is InChI=1S/C15H15FN2O3S2/c16-10-3-1-2-4-11(10)18-12-7-23(20,21)8-13(12)22-15(18)17-14(19)9-5-6-9/h1-4,9,12-13H,5-8H2/t12-,13+/m0/s1. The number of benzene rings is 1. The minimum atomic E-state index is -3.14. The molecule has 2 saturated heterocycles. The van der Waals surface area contributed by atoms with Crippen molar-refractivity contribution in [3.8, 4) is 0 Å². The SMILES string of the molecule is O=C(N=C1S[C@@H]2CS(=O)(=O)C[C@@H]2N1c1ccccc1F)C1CC1. The summed E-state index contributed by atoms with van der Waals surface area (Å²) < 4.78 is 38.1. The van der Waals surface area contributed by atoms with E-state index in [0.29, 0.717) is 5.17 Å². The predicted molar refractivity (Wildman–Crippen MR) is 87.9 cm³/mol. The number of nitrogens with zero attached hydrogens (tertiary/aromatic N) is 2. The van der Waals surface area contributed by atoms with Crippen LogP contribution >= 0.6 is 11.8 Å². The summed E-state index contributed by atoms with van der Waals surface area (Å²) in [5.74, 6) is -0.629. The number of anilines is 1. The molecule has 23 heavy (non-hydrogen) atoms. The van der Waals surface area contributed by atoms with Crippen molar-refractivity contribution in [2.75, 3.05) is 16.4 Å². The van der Waals surface area contributed by atoms with Crippen molar-refractivity contribution in [1.29, 1.82) is 0 Å². The number of carbonyl (C=O) groups is 1. The molecule has 0 unspecified atom stereocenters. The summed E-state index contributed by atoms with van der Waals surface area (Å²) in [5.41, 5.74) is 0.284. The minimum absolute atomic E-state index is 0.0188. The van der Waals surface area contributed by atoms with Crippen LogP contribution in [0.25, 0.3) is 0 Å². The first kappa shape index (κ1) is 15.1. The molecular formula is C15H15FN2O3S2. The van der Waals surface area contributed by atoms with E-state index in [2.05, 4.69) is 4.99 Å². The maximum atomic E-state index is 14.2. The summed E-state index contributed by atoms with van der Waals surface area (Å²) in [6, 6.07) is 5.84. The summed E-state index contributed by atoms with van der Waals surface area (Å²) in [6.07, 6.45) is 1.70. The van der Waals surface area contributed by atoms with E-state index < -0.39 is 15.7 Å². The van der Waals surface area contributed by atoms with E-state index in [-0.39, 0.29) is 40.3 Å². The first-order valence-corrected chi connectivity index (χ1v) is 10.2. The van der Waals surface area contributed by atoms with Gasteiger partial charge in [0, 0.05) is 11.2 Å². The minimum Gasteiger partial charge on any atom is -0.313 e. The monoisotopic (exact) mass is 354 g/mol. The van der Waals surface area contributed by atoms with Gasteiger partial charge in [-0.15, -0.1) is 0 Å². The second-order valence-corrected chi connectivity index (χ2v) is 9.49. The van der Waals surface area contributed by atoms with E-state index in [1.165, 1.54) is 17.8 Å². The Hall–Kier alpha value is -1.41. The highest BCUT2D eigenvalue weighted by molar-refractivity contribution is 8.16. The number of thioether (sulfide) groups is 1. The molecular weight excluding hydrogens is 339 g/mol. The fourth-order valence-electron chi connectivity index (χ4n) is 3.01. The average molecular weight is 354 g/mol. The molecule has 2 atom stereocenters. The van der Waals surface area contributed by atoms with Gasteiger partial charge < -0.3 is 4.90 Å². The quantitative estimate of drug-likeness (QED) is 0.811. The molecule has 0 aromatic heterocycles. The Morgan fingerprint density at radius 1 is 1.26 bits per heavy atom. The third-order valence-electron chi connectivity index (χ3n) is 4.31. The van der Waals surface area contributed by atoms with Crippen LogP contribution in [-0.2, 0) is 14.6 Å². The van der Waals surface area contributed by atoms with Crippen LogP contribution in [0.15, 0.2) is 29.3 Å². The molecule has 5 nitrogen and oxygen atoms in total. The van der Waals surface area contributed by atoms with Crippen molar-refractivity contribution in [1.82, 2.24) is 0 Å². The highest BCUT2D eigenvalue weighted by atomic mass is 32.2. The normalized spacial score (nSPS) is 30.7. The lowest BCUT2D eigenvalue weighted by Crippen LogP contribution is -2.38. The number of amides is 1. The third-order valence-corrected chi connectivity index (χ3v) is 7.52. The fraction of sp³-hybridized carbons (Fsp3) is 0.467. The Bertz CT molecular complexity index is 805. The van der Waals surface area contributed by atoms with Crippen molar-refractivity contribution in [2.45, 2.75) is 24.1 Å². The maximum Gasteiger partial charge on any atom is 0.251 e. The van der Waals surface area contributed by atoms with Crippen LogP contribution in [0.1, 0.15) is 12.8 Å². The zero-order chi connectivity index (χ0) is 16.2. The second-order valence-electron chi connectivity index (χ2n) is 6.13. The first-order chi connectivity index (χ1) is 10.9. The van der Waals surface area contributed by atoms with Gasteiger partial charge in [0.05, 0.1) is 23.2 Å². The number of carbonyl (C=O) groups excluding carboxylic acids is 1. The van der Waals surface area contributed by atoms with Crippen molar-refractivity contribution < 1.29 is 17.6 Å². The number of para-hydroxylation sites is 1. The van der Waals surface area contributed by atoms with Crippen molar-refractivity contribution in [2.24, 2.45) is 10.9 Å². The Balaban J connectivity index is 1.75. The van der Waals surface area contributed by atoms with Crippen LogP contribution < -0.4 is 4.90 Å². The van der Waals surface area contributed by atoms with Gasteiger partial charge in [-0.05, 0) is 25.0 Å². The topological polar surface area (TPSA) is 66.8 Å². The number of halogens is 1. The first-order valence-electron chi connectivity index (χ1n) is 7.48. The van der Waals surface area contributed by atoms with Crippen LogP contribution in [0.4, 0.5) is 10.1 Å². The summed E-state index contributed by atoms with van der Waals surface area (Å²) in [7, 11) is -3.14. The maximum absolute atomic E-state index is 14.2. The molecule has 1 aliphatic carbocycles. The summed E-state index contributed by atoms with van der Waals surface area (Å²) >= 11 is 1.28. The molecule has 0 bridgehead atoms. The van der Waals surface area contributed by atoms with Gasteiger partial charge in [0.1, 0.15) is 5.82 Å². The van der Waals surface area contributed by atoms with Gasteiger partial charge in [-0.25, -0.2) is 12.8 Å². The summed E-state index contributed by atoms with van der Waals surface area (Å²) in [4.78, 5) is 17.8. The molecule has 8 heteroatoms. The number of hydrogen-bond acceptors (Lipinski definition) is 4.